The quantitative estimate of drug-likeness (QED) is 0.829. The Morgan fingerprint density at radius 1 is 1.17 bits per heavy atom. The van der Waals surface area contributed by atoms with E-state index in [0.717, 1.165) is 37.8 Å². The van der Waals surface area contributed by atoms with Gasteiger partial charge in [0.15, 0.2) is 11.6 Å². The van der Waals surface area contributed by atoms with Crippen LogP contribution in [0.5, 0.6) is 0 Å². The van der Waals surface area contributed by atoms with Gasteiger partial charge in [-0.1, -0.05) is 26.2 Å². The highest BCUT2D eigenvalue weighted by molar-refractivity contribution is 5.78. The average Bonchev–Trinajstić information content (AvgIpc) is 2.62. The van der Waals surface area contributed by atoms with Crippen LogP contribution >= 0.6 is 0 Å². The molecule has 0 saturated heterocycles. The van der Waals surface area contributed by atoms with E-state index in [9.17, 15) is 8.78 Å². The summed E-state index contributed by atoms with van der Waals surface area (Å²) < 4.78 is 28.0. The molecule has 98 valence electrons. The second-order valence-corrected chi connectivity index (χ2v) is 4.44. The van der Waals surface area contributed by atoms with Gasteiger partial charge >= 0.3 is 0 Å². The third-order valence-electron chi connectivity index (χ3n) is 3.06. The summed E-state index contributed by atoms with van der Waals surface area (Å²) in [6.07, 6.45) is 4.37. The molecule has 5 heteroatoms. The summed E-state index contributed by atoms with van der Waals surface area (Å²) in [5, 5.41) is 0. The Kier molecular flexibility index (Phi) is 3.79. The zero-order valence-corrected chi connectivity index (χ0v) is 10.4. The molecule has 0 aliphatic carbocycles. The molecule has 1 aromatic heterocycles. The molecular weight excluding hydrogens is 236 g/mol. The summed E-state index contributed by atoms with van der Waals surface area (Å²) >= 11 is 0. The van der Waals surface area contributed by atoms with Gasteiger partial charge in [0.25, 0.3) is 0 Å². The van der Waals surface area contributed by atoms with Crippen molar-refractivity contribution in [3.8, 4) is 0 Å². The van der Waals surface area contributed by atoms with Gasteiger partial charge in [-0.05, 0) is 6.42 Å². The van der Waals surface area contributed by atoms with E-state index in [-0.39, 0.29) is 0 Å². The standard InChI is InChI=1S/C13H17F2N3/c1-2-3-4-5-6-18-12-8-10(15)9(14)7-11(12)17-13(18)16/h7-8H,2-6H2,1H3,(H2,16,17). The maximum atomic E-state index is 13.2. The Bertz CT molecular complexity index is 549. The molecule has 0 amide bonds. The molecule has 0 atom stereocenters. The van der Waals surface area contributed by atoms with Crippen LogP contribution in [0.1, 0.15) is 32.6 Å². The molecule has 2 N–H and O–H groups in total. The van der Waals surface area contributed by atoms with E-state index in [2.05, 4.69) is 11.9 Å². The van der Waals surface area contributed by atoms with Crippen molar-refractivity contribution in [2.24, 2.45) is 0 Å². The molecule has 1 heterocycles. The van der Waals surface area contributed by atoms with Gasteiger partial charge in [-0.2, -0.15) is 0 Å². The first-order chi connectivity index (χ1) is 8.63. The summed E-state index contributed by atoms with van der Waals surface area (Å²) in [6, 6.07) is 2.25. The molecule has 0 aliphatic rings. The predicted octanol–water partition coefficient (Wildman–Crippen LogP) is 3.48. The minimum Gasteiger partial charge on any atom is -0.369 e. The molecule has 0 radical (unpaired) electrons. The number of aryl methyl sites for hydroxylation is 1. The molecule has 0 spiro atoms. The lowest BCUT2D eigenvalue weighted by molar-refractivity contribution is 0.510. The molecule has 3 nitrogen and oxygen atoms in total. The van der Waals surface area contributed by atoms with Gasteiger partial charge in [-0.15, -0.1) is 0 Å². The van der Waals surface area contributed by atoms with E-state index in [4.69, 9.17) is 5.73 Å². The van der Waals surface area contributed by atoms with Crippen molar-refractivity contribution in [2.45, 2.75) is 39.2 Å². The first-order valence-corrected chi connectivity index (χ1v) is 6.24. The van der Waals surface area contributed by atoms with Gasteiger partial charge in [0.1, 0.15) is 0 Å². The topological polar surface area (TPSA) is 43.8 Å². The van der Waals surface area contributed by atoms with Crippen molar-refractivity contribution >= 4 is 17.0 Å². The van der Waals surface area contributed by atoms with E-state index < -0.39 is 11.6 Å². The molecule has 0 saturated carbocycles. The molecule has 2 rings (SSSR count). The highest BCUT2D eigenvalue weighted by atomic mass is 19.2. The number of halogens is 2. The molecule has 1 aromatic carbocycles. The first kappa shape index (κ1) is 12.8. The van der Waals surface area contributed by atoms with Gasteiger partial charge in [-0.3, -0.25) is 0 Å². The lowest BCUT2D eigenvalue weighted by Gasteiger charge is -2.06. The van der Waals surface area contributed by atoms with Gasteiger partial charge < -0.3 is 10.3 Å². The lowest BCUT2D eigenvalue weighted by atomic mass is 10.2. The SMILES string of the molecule is CCCCCCn1c(N)nc2cc(F)c(F)cc21. The van der Waals surface area contributed by atoms with Gasteiger partial charge in [0, 0.05) is 18.7 Å². The lowest BCUT2D eigenvalue weighted by Crippen LogP contribution is -2.03. The molecule has 18 heavy (non-hydrogen) atoms. The maximum Gasteiger partial charge on any atom is 0.201 e. The Morgan fingerprint density at radius 3 is 2.61 bits per heavy atom. The number of nitrogens with two attached hydrogens (primary N) is 1. The number of nitrogens with zero attached hydrogens (tertiary/aromatic N) is 2. The summed E-state index contributed by atoms with van der Waals surface area (Å²) in [6.45, 7) is 2.83. The number of anilines is 1. The normalized spacial score (nSPS) is 11.3. The second kappa shape index (κ2) is 5.33. The highest BCUT2D eigenvalue weighted by Crippen LogP contribution is 2.21. The number of hydrogen-bond donors (Lipinski definition) is 1. The number of aromatic nitrogens is 2. The predicted molar refractivity (Wildman–Crippen MR) is 68.2 cm³/mol. The largest absolute Gasteiger partial charge is 0.369 e. The first-order valence-electron chi connectivity index (χ1n) is 6.24. The van der Waals surface area contributed by atoms with E-state index in [1.165, 1.54) is 0 Å². The zero-order chi connectivity index (χ0) is 13.1. The Hall–Kier alpha value is -1.65. The summed E-state index contributed by atoms with van der Waals surface area (Å²) in [7, 11) is 0. The number of benzene rings is 1. The summed E-state index contributed by atoms with van der Waals surface area (Å²) in [5.41, 5.74) is 6.74. The van der Waals surface area contributed by atoms with Crippen molar-refractivity contribution in [2.75, 3.05) is 5.73 Å². The highest BCUT2D eigenvalue weighted by Gasteiger charge is 2.12. The second-order valence-electron chi connectivity index (χ2n) is 4.44. The van der Waals surface area contributed by atoms with E-state index in [0.29, 0.717) is 23.5 Å². The molecule has 2 aromatic rings. The third-order valence-corrected chi connectivity index (χ3v) is 3.06. The van der Waals surface area contributed by atoms with E-state index >= 15 is 0 Å². The van der Waals surface area contributed by atoms with Crippen LogP contribution in [-0.4, -0.2) is 9.55 Å². The maximum absolute atomic E-state index is 13.2. The Balaban J connectivity index is 2.26. The van der Waals surface area contributed by atoms with Crippen LogP contribution in [0.2, 0.25) is 0 Å². The number of unbranched alkanes of at least 4 members (excludes halogenated alkanes) is 3. The number of hydrogen-bond acceptors (Lipinski definition) is 2. The molecule has 0 unspecified atom stereocenters. The monoisotopic (exact) mass is 253 g/mol. The van der Waals surface area contributed by atoms with Crippen molar-refractivity contribution in [1.82, 2.24) is 9.55 Å². The van der Waals surface area contributed by atoms with Crippen LogP contribution in [0.4, 0.5) is 14.7 Å². The number of fused-ring (bicyclic) bond motifs is 1. The van der Waals surface area contributed by atoms with Crippen molar-refractivity contribution in [3.63, 3.8) is 0 Å². The van der Waals surface area contributed by atoms with Crippen LogP contribution in [0.3, 0.4) is 0 Å². The molecular formula is C13H17F2N3. The minimum atomic E-state index is -0.891. The fourth-order valence-corrected chi connectivity index (χ4v) is 2.07. The van der Waals surface area contributed by atoms with Crippen LogP contribution < -0.4 is 5.73 Å². The Labute approximate surface area is 105 Å². The smallest absolute Gasteiger partial charge is 0.201 e. The van der Waals surface area contributed by atoms with Crippen LogP contribution in [-0.2, 0) is 6.54 Å². The number of imidazole rings is 1. The van der Waals surface area contributed by atoms with Crippen LogP contribution in [0.25, 0.3) is 11.0 Å². The van der Waals surface area contributed by atoms with Crippen molar-refractivity contribution < 1.29 is 8.78 Å². The number of rotatable bonds is 5. The molecule has 0 bridgehead atoms. The van der Waals surface area contributed by atoms with Gasteiger partial charge in [0.05, 0.1) is 11.0 Å². The molecule has 0 aliphatic heterocycles. The molecule has 0 fully saturated rings. The van der Waals surface area contributed by atoms with Crippen LogP contribution in [0, 0.1) is 11.6 Å². The van der Waals surface area contributed by atoms with E-state index in [1.807, 2.05) is 0 Å². The zero-order valence-electron chi connectivity index (χ0n) is 10.4. The minimum absolute atomic E-state index is 0.312. The third kappa shape index (κ3) is 2.44. The van der Waals surface area contributed by atoms with Crippen molar-refractivity contribution in [3.05, 3.63) is 23.8 Å². The summed E-state index contributed by atoms with van der Waals surface area (Å²) in [4.78, 5) is 4.05. The van der Waals surface area contributed by atoms with Crippen LogP contribution in [0.15, 0.2) is 12.1 Å². The van der Waals surface area contributed by atoms with Gasteiger partial charge in [-0.25, -0.2) is 13.8 Å². The fourth-order valence-electron chi connectivity index (χ4n) is 2.07. The fraction of sp³-hybridized carbons (Fsp3) is 0.462. The summed E-state index contributed by atoms with van der Waals surface area (Å²) in [5.74, 6) is -1.44. The van der Waals surface area contributed by atoms with Gasteiger partial charge in [0.2, 0.25) is 5.95 Å². The van der Waals surface area contributed by atoms with E-state index in [1.54, 1.807) is 4.57 Å². The number of nitrogen functional groups attached to an aromatic ring is 1. The van der Waals surface area contributed by atoms with Crippen molar-refractivity contribution in [1.29, 1.82) is 0 Å². The average molecular weight is 253 g/mol. The Morgan fingerprint density at radius 2 is 1.89 bits per heavy atom.